The number of alkyl halides is 3. The molecular formula is C19H19F3N2O2. The van der Waals surface area contributed by atoms with Gasteiger partial charge in [-0.2, -0.15) is 13.2 Å². The zero-order chi connectivity index (χ0) is 19.3. The average Bonchev–Trinajstić information content (AvgIpc) is 2.59. The number of terminal acetylenes is 1. The summed E-state index contributed by atoms with van der Waals surface area (Å²) in [4.78, 5) is 13.3. The van der Waals surface area contributed by atoms with Crippen LogP contribution in [0.1, 0.15) is 16.8 Å². The quantitative estimate of drug-likeness (QED) is 0.802. The molecule has 0 bridgehead atoms. The number of nitrogens with zero attached hydrogens (tertiary/aromatic N) is 2. The molecule has 2 rings (SSSR count). The molecule has 0 aliphatic carbocycles. The Kier molecular flexibility index (Phi) is 6.11. The van der Waals surface area contributed by atoms with Crippen molar-refractivity contribution in [3.63, 3.8) is 0 Å². The zero-order valence-electron chi connectivity index (χ0n) is 14.3. The van der Waals surface area contributed by atoms with Crippen molar-refractivity contribution in [3.8, 4) is 18.1 Å². The van der Waals surface area contributed by atoms with Gasteiger partial charge in [0.05, 0.1) is 17.8 Å². The number of aromatic nitrogens is 1. The second-order valence-electron chi connectivity index (χ2n) is 5.92. The predicted octanol–water partition coefficient (Wildman–Crippen LogP) is 3.02. The van der Waals surface area contributed by atoms with E-state index < -0.39 is 17.2 Å². The van der Waals surface area contributed by atoms with Gasteiger partial charge in [0.15, 0.2) is 5.75 Å². The molecule has 1 N–H and O–H groups in total. The minimum atomic E-state index is -4.36. The molecule has 138 valence electrons. The molecule has 0 saturated carbocycles. The largest absolute Gasteiger partial charge is 0.503 e. The van der Waals surface area contributed by atoms with Crippen LogP contribution in [0.4, 0.5) is 13.2 Å². The fourth-order valence-electron chi connectivity index (χ4n) is 2.55. The van der Waals surface area contributed by atoms with Crippen molar-refractivity contribution in [1.29, 1.82) is 0 Å². The van der Waals surface area contributed by atoms with E-state index >= 15 is 0 Å². The van der Waals surface area contributed by atoms with Gasteiger partial charge in [0.2, 0.25) is 5.43 Å². The topological polar surface area (TPSA) is 45.5 Å². The third kappa shape index (κ3) is 4.90. The van der Waals surface area contributed by atoms with Gasteiger partial charge in [0.25, 0.3) is 0 Å². The summed E-state index contributed by atoms with van der Waals surface area (Å²) in [5, 5.41) is 9.71. The summed E-state index contributed by atoms with van der Waals surface area (Å²) < 4.78 is 39.6. The van der Waals surface area contributed by atoms with E-state index in [2.05, 4.69) is 5.92 Å². The first-order valence-electron chi connectivity index (χ1n) is 7.93. The number of pyridine rings is 1. The predicted molar refractivity (Wildman–Crippen MR) is 92.7 cm³/mol. The van der Waals surface area contributed by atoms with Gasteiger partial charge in [-0.05, 0) is 24.6 Å². The molecule has 0 fully saturated rings. The highest BCUT2D eigenvalue weighted by Crippen LogP contribution is 2.29. The van der Waals surface area contributed by atoms with E-state index in [0.717, 1.165) is 12.1 Å². The summed E-state index contributed by atoms with van der Waals surface area (Å²) in [5.74, 6) is 2.24. The summed E-state index contributed by atoms with van der Waals surface area (Å²) in [7, 11) is 0. The SMILES string of the molecule is C#CCN(CCn1ccc(=O)c(O)c1C)Cc1ccc(C(F)(F)F)cc1. The van der Waals surface area contributed by atoms with Crippen LogP contribution in [0.25, 0.3) is 0 Å². The van der Waals surface area contributed by atoms with Gasteiger partial charge in [-0.25, -0.2) is 0 Å². The van der Waals surface area contributed by atoms with Crippen LogP contribution < -0.4 is 5.43 Å². The van der Waals surface area contributed by atoms with Gasteiger partial charge in [-0.15, -0.1) is 6.42 Å². The Morgan fingerprint density at radius 2 is 1.88 bits per heavy atom. The van der Waals surface area contributed by atoms with Crippen LogP contribution in [-0.4, -0.2) is 27.7 Å². The van der Waals surface area contributed by atoms with Crippen molar-refractivity contribution in [2.45, 2.75) is 26.2 Å². The first kappa shape index (κ1) is 19.6. The summed E-state index contributed by atoms with van der Waals surface area (Å²) in [6.45, 7) is 3.34. The molecule has 0 unspecified atom stereocenters. The third-order valence-corrected chi connectivity index (χ3v) is 4.07. The van der Waals surface area contributed by atoms with Crippen molar-refractivity contribution in [1.82, 2.24) is 9.47 Å². The van der Waals surface area contributed by atoms with Gasteiger partial charge in [0, 0.05) is 31.9 Å². The smallest absolute Gasteiger partial charge is 0.416 e. The van der Waals surface area contributed by atoms with E-state index in [1.165, 1.54) is 18.2 Å². The minimum absolute atomic E-state index is 0.293. The summed E-state index contributed by atoms with van der Waals surface area (Å²) in [6, 6.07) is 6.25. The molecule has 1 aromatic heterocycles. The summed E-state index contributed by atoms with van der Waals surface area (Å²) >= 11 is 0. The highest BCUT2D eigenvalue weighted by molar-refractivity contribution is 5.26. The fourth-order valence-corrected chi connectivity index (χ4v) is 2.55. The van der Waals surface area contributed by atoms with Crippen molar-refractivity contribution in [3.05, 3.63) is 63.6 Å². The number of hydrogen-bond acceptors (Lipinski definition) is 3. The van der Waals surface area contributed by atoms with Crippen LogP contribution in [0.2, 0.25) is 0 Å². The first-order chi connectivity index (χ1) is 12.2. The van der Waals surface area contributed by atoms with Crippen molar-refractivity contribution in [2.75, 3.05) is 13.1 Å². The Balaban J connectivity index is 2.06. The van der Waals surface area contributed by atoms with E-state index in [-0.39, 0.29) is 5.75 Å². The molecule has 1 aromatic carbocycles. The number of aromatic hydroxyl groups is 1. The molecule has 7 heteroatoms. The Labute approximate surface area is 149 Å². The molecule has 0 atom stereocenters. The minimum Gasteiger partial charge on any atom is -0.503 e. The van der Waals surface area contributed by atoms with Crippen LogP contribution in [-0.2, 0) is 19.3 Å². The van der Waals surface area contributed by atoms with Gasteiger partial charge < -0.3 is 9.67 Å². The summed E-state index contributed by atoms with van der Waals surface area (Å²) in [6.07, 6.45) is 2.61. The Bertz CT molecular complexity index is 849. The molecule has 0 aliphatic rings. The second-order valence-corrected chi connectivity index (χ2v) is 5.92. The molecule has 0 spiro atoms. The maximum atomic E-state index is 12.6. The Hall–Kier alpha value is -2.72. The van der Waals surface area contributed by atoms with E-state index in [1.54, 1.807) is 17.7 Å². The lowest BCUT2D eigenvalue weighted by Gasteiger charge is -2.22. The second kappa shape index (κ2) is 8.11. The van der Waals surface area contributed by atoms with Crippen molar-refractivity contribution in [2.24, 2.45) is 0 Å². The molecule has 0 saturated heterocycles. The van der Waals surface area contributed by atoms with Gasteiger partial charge in [-0.3, -0.25) is 9.69 Å². The maximum Gasteiger partial charge on any atom is 0.416 e. The maximum absolute atomic E-state index is 12.6. The molecule has 0 aliphatic heterocycles. The number of benzene rings is 1. The van der Waals surface area contributed by atoms with E-state index in [1.807, 2.05) is 4.90 Å². The van der Waals surface area contributed by atoms with Crippen LogP contribution in [0.5, 0.6) is 5.75 Å². The Morgan fingerprint density at radius 3 is 2.46 bits per heavy atom. The molecule has 4 nitrogen and oxygen atoms in total. The lowest BCUT2D eigenvalue weighted by molar-refractivity contribution is -0.137. The first-order valence-corrected chi connectivity index (χ1v) is 7.93. The van der Waals surface area contributed by atoms with Crippen LogP contribution in [0.3, 0.4) is 0 Å². The van der Waals surface area contributed by atoms with Crippen LogP contribution >= 0.6 is 0 Å². The fraction of sp³-hybridized carbons (Fsp3) is 0.316. The van der Waals surface area contributed by atoms with E-state index in [4.69, 9.17) is 6.42 Å². The number of halogens is 3. The lowest BCUT2D eigenvalue weighted by Crippen LogP contribution is -2.28. The third-order valence-electron chi connectivity index (χ3n) is 4.07. The van der Waals surface area contributed by atoms with E-state index in [0.29, 0.717) is 37.4 Å². The lowest BCUT2D eigenvalue weighted by atomic mass is 10.1. The molecule has 0 radical (unpaired) electrons. The number of hydrogen-bond donors (Lipinski definition) is 1. The summed E-state index contributed by atoms with van der Waals surface area (Å²) in [5.41, 5.74) is 0.0357. The van der Waals surface area contributed by atoms with Crippen molar-refractivity contribution >= 4 is 0 Å². The Morgan fingerprint density at radius 1 is 1.23 bits per heavy atom. The van der Waals surface area contributed by atoms with Gasteiger partial charge in [0.1, 0.15) is 0 Å². The van der Waals surface area contributed by atoms with Gasteiger partial charge in [-0.1, -0.05) is 18.1 Å². The number of rotatable bonds is 6. The van der Waals surface area contributed by atoms with Crippen molar-refractivity contribution < 1.29 is 18.3 Å². The molecule has 26 heavy (non-hydrogen) atoms. The molecule has 0 amide bonds. The van der Waals surface area contributed by atoms with Gasteiger partial charge >= 0.3 is 6.18 Å². The highest BCUT2D eigenvalue weighted by Gasteiger charge is 2.29. The zero-order valence-corrected chi connectivity index (χ0v) is 14.3. The normalized spacial score (nSPS) is 11.5. The van der Waals surface area contributed by atoms with Crippen LogP contribution in [0.15, 0.2) is 41.3 Å². The highest BCUT2D eigenvalue weighted by atomic mass is 19.4. The van der Waals surface area contributed by atoms with Crippen LogP contribution in [0, 0.1) is 19.3 Å². The average molecular weight is 364 g/mol. The molecular weight excluding hydrogens is 345 g/mol. The molecule has 2 aromatic rings. The van der Waals surface area contributed by atoms with E-state index in [9.17, 15) is 23.1 Å². The standard InChI is InChI=1S/C19H19F3N2O2/c1-3-9-23(11-12-24-10-8-17(25)18(26)14(24)2)13-15-4-6-16(7-5-15)19(20,21)22/h1,4-8,10,26H,9,11-13H2,2H3. The monoisotopic (exact) mass is 364 g/mol. The molecule has 1 heterocycles.